The van der Waals surface area contributed by atoms with Crippen LogP contribution in [0.1, 0.15) is 22.5 Å². The normalized spacial score (nSPS) is 16.5. The highest BCUT2D eigenvalue weighted by molar-refractivity contribution is 6.06. The van der Waals surface area contributed by atoms with Crippen molar-refractivity contribution < 1.29 is 14.3 Å². The second-order valence-corrected chi connectivity index (χ2v) is 5.32. The zero-order valence-electron chi connectivity index (χ0n) is 12.5. The summed E-state index contributed by atoms with van der Waals surface area (Å²) >= 11 is 0. The average molecular weight is 299 g/mol. The number of carbonyl (C=O) groups is 2. The number of amides is 1. The van der Waals surface area contributed by atoms with Crippen LogP contribution in [0, 0.1) is 0 Å². The van der Waals surface area contributed by atoms with E-state index in [-0.39, 0.29) is 24.3 Å². The van der Waals surface area contributed by atoms with E-state index in [4.69, 9.17) is 4.74 Å². The van der Waals surface area contributed by atoms with Crippen LogP contribution in [-0.4, -0.2) is 34.8 Å². The van der Waals surface area contributed by atoms with E-state index in [2.05, 4.69) is 5.10 Å². The number of aromatic nitrogens is 2. The molecule has 22 heavy (non-hydrogen) atoms. The molecule has 1 amide bonds. The van der Waals surface area contributed by atoms with E-state index in [1.807, 2.05) is 24.3 Å². The highest BCUT2D eigenvalue weighted by atomic mass is 16.5. The van der Waals surface area contributed by atoms with E-state index in [0.717, 1.165) is 11.3 Å². The zero-order valence-corrected chi connectivity index (χ0v) is 12.5. The number of ether oxygens (including phenoxy) is 1. The van der Waals surface area contributed by atoms with Gasteiger partial charge in [0.05, 0.1) is 19.6 Å². The first-order valence-corrected chi connectivity index (χ1v) is 7.08. The topological polar surface area (TPSA) is 64.4 Å². The second-order valence-electron chi connectivity index (χ2n) is 5.32. The van der Waals surface area contributed by atoms with E-state index in [0.29, 0.717) is 12.1 Å². The lowest BCUT2D eigenvalue weighted by Gasteiger charge is -2.24. The fourth-order valence-electron chi connectivity index (χ4n) is 2.83. The number of aryl methyl sites for hydroxylation is 1. The highest BCUT2D eigenvalue weighted by Gasteiger charge is 2.36. The number of para-hydroxylation sites is 1. The molecule has 0 fully saturated rings. The van der Waals surface area contributed by atoms with Gasteiger partial charge in [-0.3, -0.25) is 14.3 Å². The van der Waals surface area contributed by atoms with Gasteiger partial charge in [-0.05, 0) is 24.1 Å². The molecule has 3 rings (SSSR count). The van der Waals surface area contributed by atoms with Crippen LogP contribution < -0.4 is 4.90 Å². The van der Waals surface area contributed by atoms with Crippen LogP contribution >= 0.6 is 0 Å². The summed E-state index contributed by atoms with van der Waals surface area (Å²) in [5.74, 6) is -0.518. The van der Waals surface area contributed by atoms with Gasteiger partial charge in [0.1, 0.15) is 0 Å². The molecule has 6 heteroatoms. The molecule has 1 unspecified atom stereocenters. The van der Waals surface area contributed by atoms with Gasteiger partial charge in [-0.25, -0.2) is 0 Å². The van der Waals surface area contributed by atoms with E-state index in [9.17, 15) is 9.59 Å². The molecule has 114 valence electrons. The number of methoxy groups -OCH3 is 1. The molecule has 1 atom stereocenters. The minimum Gasteiger partial charge on any atom is -0.469 e. The van der Waals surface area contributed by atoms with Crippen molar-refractivity contribution >= 4 is 17.6 Å². The Labute approximate surface area is 128 Å². The average Bonchev–Trinajstić information content (AvgIpc) is 3.09. The number of anilines is 1. The Kier molecular flexibility index (Phi) is 3.66. The predicted molar refractivity (Wildman–Crippen MR) is 80.6 cm³/mol. The second kappa shape index (κ2) is 5.63. The smallest absolute Gasteiger partial charge is 0.307 e. The lowest BCUT2D eigenvalue weighted by atomic mass is 10.1. The molecule has 2 aromatic rings. The van der Waals surface area contributed by atoms with Gasteiger partial charge in [-0.1, -0.05) is 18.2 Å². The molecule has 1 aromatic heterocycles. The third-order valence-corrected chi connectivity index (χ3v) is 3.85. The maximum absolute atomic E-state index is 12.8. The number of benzene rings is 1. The number of rotatable bonds is 3. The standard InChI is InChI=1S/C16H17N3O3/c1-18-8-7-13(17-18)16(21)19-12(10-15(20)22-2)9-11-5-3-4-6-14(11)19/h3-8,12H,9-10H2,1-2H3. The number of hydrogen-bond acceptors (Lipinski definition) is 4. The van der Waals surface area contributed by atoms with Crippen molar-refractivity contribution in [2.75, 3.05) is 12.0 Å². The van der Waals surface area contributed by atoms with Crippen LogP contribution in [-0.2, 0) is 23.0 Å². The molecule has 0 bridgehead atoms. The van der Waals surface area contributed by atoms with Crippen LogP contribution in [0.5, 0.6) is 0 Å². The monoisotopic (exact) mass is 299 g/mol. The summed E-state index contributed by atoms with van der Waals surface area (Å²) < 4.78 is 6.34. The molecular formula is C16H17N3O3. The molecule has 0 N–H and O–H groups in total. The Morgan fingerprint density at radius 1 is 1.32 bits per heavy atom. The Balaban J connectivity index is 1.95. The van der Waals surface area contributed by atoms with Crippen molar-refractivity contribution in [3.8, 4) is 0 Å². The van der Waals surface area contributed by atoms with Gasteiger partial charge in [0.2, 0.25) is 0 Å². The number of carbonyl (C=O) groups excluding carboxylic acids is 2. The van der Waals surface area contributed by atoms with Crippen molar-refractivity contribution in [2.24, 2.45) is 7.05 Å². The van der Waals surface area contributed by atoms with Gasteiger partial charge in [0.15, 0.2) is 5.69 Å². The number of hydrogen-bond donors (Lipinski definition) is 0. The van der Waals surface area contributed by atoms with Crippen molar-refractivity contribution in [3.05, 3.63) is 47.8 Å². The van der Waals surface area contributed by atoms with Gasteiger partial charge in [-0.2, -0.15) is 5.10 Å². The van der Waals surface area contributed by atoms with Crippen molar-refractivity contribution in [3.63, 3.8) is 0 Å². The van der Waals surface area contributed by atoms with Gasteiger partial charge in [0, 0.05) is 18.9 Å². The molecule has 0 aliphatic carbocycles. The van der Waals surface area contributed by atoms with E-state index in [1.54, 1.807) is 28.9 Å². The Morgan fingerprint density at radius 2 is 2.09 bits per heavy atom. The fraction of sp³-hybridized carbons (Fsp3) is 0.312. The molecule has 0 saturated carbocycles. The SMILES string of the molecule is COC(=O)CC1Cc2ccccc2N1C(=O)c1ccn(C)n1. The van der Waals surface area contributed by atoms with E-state index in [1.165, 1.54) is 7.11 Å². The third-order valence-electron chi connectivity index (χ3n) is 3.85. The van der Waals surface area contributed by atoms with E-state index >= 15 is 0 Å². The number of esters is 1. The summed E-state index contributed by atoms with van der Waals surface area (Å²) in [5, 5.41) is 4.17. The number of fused-ring (bicyclic) bond motifs is 1. The molecule has 0 spiro atoms. The Morgan fingerprint density at radius 3 is 2.77 bits per heavy atom. The minimum atomic E-state index is -0.323. The van der Waals surface area contributed by atoms with Crippen LogP contribution in [0.3, 0.4) is 0 Å². The molecule has 6 nitrogen and oxygen atoms in total. The predicted octanol–water partition coefficient (Wildman–Crippen LogP) is 1.55. The maximum Gasteiger partial charge on any atom is 0.307 e. The van der Waals surface area contributed by atoms with Gasteiger partial charge >= 0.3 is 5.97 Å². The lowest BCUT2D eigenvalue weighted by Crippen LogP contribution is -2.39. The summed E-state index contributed by atoms with van der Waals surface area (Å²) in [6, 6.07) is 9.14. The van der Waals surface area contributed by atoms with Crippen LogP contribution in [0.4, 0.5) is 5.69 Å². The van der Waals surface area contributed by atoms with E-state index < -0.39 is 0 Å². The van der Waals surface area contributed by atoms with Crippen molar-refractivity contribution in [1.29, 1.82) is 0 Å². The van der Waals surface area contributed by atoms with Gasteiger partial charge in [0.25, 0.3) is 5.91 Å². The summed E-state index contributed by atoms with van der Waals surface area (Å²) in [6.07, 6.45) is 2.54. The highest BCUT2D eigenvalue weighted by Crippen LogP contribution is 2.34. The van der Waals surface area contributed by atoms with Crippen molar-refractivity contribution in [1.82, 2.24) is 9.78 Å². The largest absolute Gasteiger partial charge is 0.469 e. The maximum atomic E-state index is 12.8. The van der Waals surface area contributed by atoms with Gasteiger partial charge < -0.3 is 9.64 Å². The van der Waals surface area contributed by atoms with Crippen LogP contribution in [0.15, 0.2) is 36.5 Å². The molecule has 0 saturated heterocycles. The van der Waals surface area contributed by atoms with Crippen LogP contribution in [0.25, 0.3) is 0 Å². The molecule has 0 radical (unpaired) electrons. The first-order valence-electron chi connectivity index (χ1n) is 7.08. The fourth-order valence-corrected chi connectivity index (χ4v) is 2.83. The Hall–Kier alpha value is -2.63. The first-order chi connectivity index (χ1) is 10.6. The molecule has 1 aromatic carbocycles. The molecular weight excluding hydrogens is 282 g/mol. The summed E-state index contributed by atoms with van der Waals surface area (Å²) in [7, 11) is 3.12. The summed E-state index contributed by atoms with van der Waals surface area (Å²) in [5.41, 5.74) is 2.27. The van der Waals surface area contributed by atoms with Crippen LogP contribution in [0.2, 0.25) is 0 Å². The zero-order chi connectivity index (χ0) is 15.7. The quantitative estimate of drug-likeness (QED) is 0.807. The Bertz CT molecular complexity index is 723. The van der Waals surface area contributed by atoms with Gasteiger partial charge in [-0.15, -0.1) is 0 Å². The molecule has 1 aliphatic rings. The number of nitrogens with zero attached hydrogens (tertiary/aromatic N) is 3. The third kappa shape index (κ3) is 2.47. The van der Waals surface area contributed by atoms with Crippen molar-refractivity contribution in [2.45, 2.75) is 18.9 Å². The lowest BCUT2D eigenvalue weighted by molar-refractivity contribution is -0.140. The molecule has 2 heterocycles. The molecule has 1 aliphatic heterocycles. The first kappa shape index (κ1) is 14.3. The minimum absolute atomic E-state index is 0.170. The summed E-state index contributed by atoms with van der Waals surface area (Å²) in [4.78, 5) is 26.1. The summed E-state index contributed by atoms with van der Waals surface area (Å²) in [6.45, 7) is 0.